The molecule has 2 fully saturated rings. The van der Waals surface area contributed by atoms with Crippen molar-refractivity contribution >= 4 is 11.8 Å². The lowest BCUT2D eigenvalue weighted by atomic mass is 10.2. The maximum absolute atomic E-state index is 11.9. The van der Waals surface area contributed by atoms with Gasteiger partial charge in [0.25, 0.3) is 0 Å². The molecule has 1 heterocycles. The molecule has 0 aromatic rings. The van der Waals surface area contributed by atoms with Crippen LogP contribution in [-0.4, -0.2) is 60.4 Å². The largest absolute Gasteiger partial charge is 0.339 e. The molecule has 2 rings (SSSR count). The molecular weight excluding hydrogens is 218 g/mol. The fourth-order valence-electron chi connectivity index (χ4n) is 2.10. The van der Waals surface area contributed by atoms with Gasteiger partial charge in [0.05, 0.1) is 0 Å². The van der Waals surface area contributed by atoms with Gasteiger partial charge in [0.15, 0.2) is 0 Å². The standard InChI is InChI=1S/C12H21N3O2/c1-10(16)14-6-8-15(9-7-14)12(17)4-5-13-11-2-3-11/h11,13H,2-9H2,1H3. The second kappa shape index (κ2) is 5.49. The van der Waals surface area contributed by atoms with Gasteiger partial charge in [0.1, 0.15) is 0 Å². The highest BCUT2D eigenvalue weighted by Gasteiger charge is 2.23. The Balaban J connectivity index is 1.64. The summed E-state index contributed by atoms with van der Waals surface area (Å²) < 4.78 is 0. The lowest BCUT2D eigenvalue weighted by Crippen LogP contribution is -2.50. The van der Waals surface area contributed by atoms with Gasteiger partial charge in [-0.2, -0.15) is 0 Å². The Labute approximate surface area is 102 Å². The molecule has 1 aliphatic carbocycles. The smallest absolute Gasteiger partial charge is 0.223 e. The average Bonchev–Trinajstić information content (AvgIpc) is 3.13. The maximum Gasteiger partial charge on any atom is 0.223 e. The zero-order chi connectivity index (χ0) is 12.3. The number of piperazine rings is 1. The van der Waals surface area contributed by atoms with Crippen LogP contribution >= 0.6 is 0 Å². The molecule has 1 N–H and O–H groups in total. The van der Waals surface area contributed by atoms with Crippen LogP contribution in [0.4, 0.5) is 0 Å². The molecule has 2 aliphatic rings. The summed E-state index contributed by atoms with van der Waals surface area (Å²) in [5, 5.41) is 3.34. The first-order valence-corrected chi connectivity index (χ1v) is 6.43. The van der Waals surface area contributed by atoms with Crippen LogP contribution in [0.3, 0.4) is 0 Å². The summed E-state index contributed by atoms with van der Waals surface area (Å²) in [5.74, 6) is 0.314. The molecule has 0 aromatic carbocycles. The van der Waals surface area contributed by atoms with Gasteiger partial charge < -0.3 is 15.1 Å². The Morgan fingerprint density at radius 3 is 2.24 bits per heavy atom. The number of nitrogens with one attached hydrogen (secondary N) is 1. The fraction of sp³-hybridized carbons (Fsp3) is 0.833. The zero-order valence-corrected chi connectivity index (χ0v) is 10.4. The molecule has 5 nitrogen and oxygen atoms in total. The highest BCUT2D eigenvalue weighted by molar-refractivity contribution is 5.77. The first-order valence-electron chi connectivity index (χ1n) is 6.43. The maximum atomic E-state index is 11.9. The minimum absolute atomic E-state index is 0.104. The quantitative estimate of drug-likeness (QED) is 0.740. The van der Waals surface area contributed by atoms with Crippen LogP contribution < -0.4 is 5.32 Å². The van der Waals surface area contributed by atoms with Crippen LogP contribution in [-0.2, 0) is 9.59 Å². The summed E-state index contributed by atoms with van der Waals surface area (Å²) in [7, 11) is 0. The zero-order valence-electron chi connectivity index (χ0n) is 10.4. The second-order valence-electron chi connectivity index (χ2n) is 4.87. The van der Waals surface area contributed by atoms with Gasteiger partial charge in [-0.15, -0.1) is 0 Å². The number of hydrogen-bond acceptors (Lipinski definition) is 3. The van der Waals surface area contributed by atoms with Crippen molar-refractivity contribution in [1.82, 2.24) is 15.1 Å². The molecule has 0 spiro atoms. The topological polar surface area (TPSA) is 52.7 Å². The van der Waals surface area contributed by atoms with E-state index in [9.17, 15) is 9.59 Å². The Hall–Kier alpha value is -1.10. The molecule has 0 unspecified atom stereocenters. The molecule has 5 heteroatoms. The molecule has 96 valence electrons. The Kier molecular flexibility index (Phi) is 3.99. The number of rotatable bonds is 4. The summed E-state index contributed by atoms with van der Waals surface area (Å²) in [6.45, 7) is 5.09. The number of carbonyl (C=O) groups is 2. The van der Waals surface area contributed by atoms with Crippen molar-refractivity contribution in [2.75, 3.05) is 32.7 Å². The van der Waals surface area contributed by atoms with Gasteiger partial charge in [-0.1, -0.05) is 0 Å². The van der Waals surface area contributed by atoms with Crippen molar-refractivity contribution < 1.29 is 9.59 Å². The minimum Gasteiger partial charge on any atom is -0.339 e. The molecule has 0 aromatic heterocycles. The number of amides is 2. The van der Waals surface area contributed by atoms with Crippen LogP contribution in [0, 0.1) is 0 Å². The summed E-state index contributed by atoms with van der Waals surface area (Å²) in [6.07, 6.45) is 3.09. The molecule has 0 atom stereocenters. The first kappa shape index (κ1) is 12.4. The van der Waals surface area contributed by atoms with Crippen LogP contribution in [0.15, 0.2) is 0 Å². The molecule has 0 bridgehead atoms. The SMILES string of the molecule is CC(=O)N1CCN(C(=O)CCNC2CC2)CC1. The molecule has 1 saturated heterocycles. The number of nitrogens with zero attached hydrogens (tertiary/aromatic N) is 2. The van der Waals surface area contributed by atoms with E-state index in [1.807, 2.05) is 4.90 Å². The summed E-state index contributed by atoms with van der Waals surface area (Å²) >= 11 is 0. The fourth-order valence-corrected chi connectivity index (χ4v) is 2.10. The third kappa shape index (κ3) is 3.70. The van der Waals surface area contributed by atoms with E-state index in [0.29, 0.717) is 38.6 Å². The lowest BCUT2D eigenvalue weighted by Gasteiger charge is -2.34. The molecule has 2 amide bonds. The minimum atomic E-state index is 0.104. The third-order valence-corrected chi connectivity index (χ3v) is 3.43. The van der Waals surface area contributed by atoms with Crippen molar-refractivity contribution in [1.29, 1.82) is 0 Å². The number of carbonyl (C=O) groups excluding carboxylic acids is 2. The van der Waals surface area contributed by atoms with Gasteiger partial charge in [-0.3, -0.25) is 9.59 Å². The van der Waals surface area contributed by atoms with Gasteiger partial charge >= 0.3 is 0 Å². The van der Waals surface area contributed by atoms with Gasteiger partial charge in [0, 0.05) is 52.1 Å². The molecule has 0 radical (unpaired) electrons. The second-order valence-corrected chi connectivity index (χ2v) is 4.87. The van der Waals surface area contributed by atoms with Crippen molar-refractivity contribution in [3.05, 3.63) is 0 Å². The van der Waals surface area contributed by atoms with Crippen LogP contribution in [0.1, 0.15) is 26.2 Å². The molecular formula is C12H21N3O2. The van der Waals surface area contributed by atoms with Crippen LogP contribution in [0.25, 0.3) is 0 Å². The third-order valence-electron chi connectivity index (χ3n) is 3.43. The van der Waals surface area contributed by atoms with E-state index in [1.54, 1.807) is 11.8 Å². The summed E-state index contributed by atoms with van der Waals surface area (Å²) in [5.41, 5.74) is 0. The Morgan fingerprint density at radius 1 is 1.12 bits per heavy atom. The Bertz CT molecular complexity index is 294. The van der Waals surface area contributed by atoms with E-state index in [4.69, 9.17) is 0 Å². The Morgan fingerprint density at radius 2 is 1.71 bits per heavy atom. The van der Waals surface area contributed by atoms with E-state index in [2.05, 4.69) is 5.32 Å². The highest BCUT2D eigenvalue weighted by atomic mass is 16.2. The van der Waals surface area contributed by atoms with Gasteiger partial charge in [-0.05, 0) is 12.8 Å². The molecule has 1 saturated carbocycles. The van der Waals surface area contributed by atoms with Crippen molar-refractivity contribution in [2.45, 2.75) is 32.2 Å². The van der Waals surface area contributed by atoms with Gasteiger partial charge in [-0.25, -0.2) is 0 Å². The average molecular weight is 239 g/mol. The van der Waals surface area contributed by atoms with Gasteiger partial charge in [0.2, 0.25) is 11.8 Å². The van der Waals surface area contributed by atoms with E-state index in [0.717, 1.165) is 6.54 Å². The summed E-state index contributed by atoms with van der Waals surface area (Å²) in [6, 6.07) is 0.664. The van der Waals surface area contributed by atoms with Crippen LogP contribution in [0.2, 0.25) is 0 Å². The van der Waals surface area contributed by atoms with E-state index in [1.165, 1.54) is 12.8 Å². The summed E-state index contributed by atoms with van der Waals surface area (Å²) in [4.78, 5) is 26.7. The first-order chi connectivity index (χ1) is 8.16. The monoisotopic (exact) mass is 239 g/mol. The highest BCUT2D eigenvalue weighted by Crippen LogP contribution is 2.18. The molecule has 17 heavy (non-hydrogen) atoms. The number of hydrogen-bond donors (Lipinski definition) is 1. The lowest BCUT2D eigenvalue weighted by molar-refractivity contribution is -0.138. The van der Waals surface area contributed by atoms with Crippen molar-refractivity contribution in [2.24, 2.45) is 0 Å². The predicted molar refractivity (Wildman–Crippen MR) is 64.5 cm³/mol. The van der Waals surface area contributed by atoms with Crippen molar-refractivity contribution in [3.63, 3.8) is 0 Å². The van der Waals surface area contributed by atoms with Crippen molar-refractivity contribution in [3.8, 4) is 0 Å². The van der Waals surface area contributed by atoms with E-state index in [-0.39, 0.29) is 11.8 Å². The van der Waals surface area contributed by atoms with Crippen LogP contribution in [0.5, 0.6) is 0 Å². The van der Waals surface area contributed by atoms with E-state index >= 15 is 0 Å². The normalized spacial score (nSPS) is 20.5. The van der Waals surface area contributed by atoms with E-state index < -0.39 is 0 Å². The molecule has 1 aliphatic heterocycles. The predicted octanol–water partition coefficient (Wildman–Crippen LogP) is -0.181.